The van der Waals surface area contributed by atoms with E-state index in [0.717, 1.165) is 0 Å². The molecule has 0 aliphatic rings. The van der Waals surface area contributed by atoms with Gasteiger partial charge >= 0.3 is 0 Å². The number of benzene rings is 2. The molecule has 0 fully saturated rings. The maximum atomic E-state index is 12.7. The van der Waals surface area contributed by atoms with E-state index < -0.39 is 23.8 Å². The van der Waals surface area contributed by atoms with Crippen LogP contribution in [0.1, 0.15) is 36.7 Å². The third kappa shape index (κ3) is 8.41. The molecule has 0 radical (unpaired) electrons. The number of nitrogens with one attached hydrogen (secondary N) is 2. The van der Waals surface area contributed by atoms with Gasteiger partial charge in [0.2, 0.25) is 0 Å². The van der Waals surface area contributed by atoms with E-state index in [4.69, 9.17) is 38.4 Å². The molecule has 0 heterocycles. The number of ether oxygens (including phenoxy) is 2. The van der Waals surface area contributed by atoms with Gasteiger partial charge in [-0.15, -0.1) is 0 Å². The molecule has 0 aliphatic heterocycles. The molecule has 0 saturated carbocycles. The van der Waals surface area contributed by atoms with Gasteiger partial charge in [-0.25, -0.2) is 5.43 Å². The number of halogens is 3. The van der Waals surface area contributed by atoms with Crippen LogP contribution in [0.15, 0.2) is 39.9 Å². The summed E-state index contributed by atoms with van der Waals surface area (Å²) < 4.78 is 11.5. The van der Waals surface area contributed by atoms with Gasteiger partial charge in [0.1, 0.15) is 6.04 Å². The SMILES string of the molecule is CCOc1cc(C=NNC(=O)C(NC(=O)c2ccc(Cl)cc2Cl)C(C)C)cc(Br)c1OCC(N)=O. The molecule has 9 nitrogen and oxygen atoms in total. The molecule has 1 unspecified atom stereocenters. The van der Waals surface area contributed by atoms with Gasteiger partial charge in [0.15, 0.2) is 18.1 Å². The molecular formula is C23H25BrCl2N4O5. The minimum Gasteiger partial charge on any atom is -0.490 e. The Labute approximate surface area is 221 Å². The molecule has 3 amide bonds. The van der Waals surface area contributed by atoms with Crippen molar-refractivity contribution in [2.24, 2.45) is 16.8 Å². The summed E-state index contributed by atoms with van der Waals surface area (Å²) in [6.45, 7) is 5.40. The maximum Gasteiger partial charge on any atom is 0.262 e. The van der Waals surface area contributed by atoms with Crippen molar-refractivity contribution in [3.05, 3.63) is 56.0 Å². The summed E-state index contributed by atoms with van der Waals surface area (Å²) in [5.41, 5.74) is 8.35. The second-order valence-corrected chi connectivity index (χ2v) is 9.27. The van der Waals surface area contributed by atoms with Gasteiger partial charge in [0, 0.05) is 5.02 Å². The summed E-state index contributed by atoms with van der Waals surface area (Å²) in [5.74, 6) is -1.21. The van der Waals surface area contributed by atoms with Gasteiger partial charge in [-0.1, -0.05) is 37.0 Å². The van der Waals surface area contributed by atoms with E-state index in [1.54, 1.807) is 32.9 Å². The fourth-order valence-corrected chi connectivity index (χ4v) is 3.94. The molecule has 0 bridgehead atoms. The van der Waals surface area contributed by atoms with E-state index in [1.807, 2.05) is 0 Å². The molecule has 0 aromatic heterocycles. The van der Waals surface area contributed by atoms with E-state index >= 15 is 0 Å². The highest BCUT2D eigenvalue weighted by Gasteiger charge is 2.25. The highest BCUT2D eigenvalue weighted by molar-refractivity contribution is 9.10. The fraction of sp³-hybridized carbons (Fsp3) is 0.304. The topological polar surface area (TPSA) is 132 Å². The Bertz CT molecular complexity index is 1130. The summed E-state index contributed by atoms with van der Waals surface area (Å²) in [4.78, 5) is 36.4. The standard InChI is InChI=1S/C23H25BrCl2N4O5/c1-4-34-18-8-13(7-16(24)21(18)35-11-19(27)31)10-28-30-23(33)20(12(2)3)29-22(32)15-6-5-14(25)9-17(15)26/h5-10,12,20H,4,11H2,1-3H3,(H2,27,31)(H,29,32)(H,30,33). The highest BCUT2D eigenvalue weighted by atomic mass is 79.9. The molecule has 0 saturated heterocycles. The Hall–Kier alpha value is -2.82. The summed E-state index contributed by atoms with van der Waals surface area (Å²) in [7, 11) is 0. The molecule has 2 aromatic carbocycles. The number of carbonyl (C=O) groups is 3. The Morgan fingerprint density at radius 3 is 2.49 bits per heavy atom. The summed E-state index contributed by atoms with van der Waals surface area (Å²) in [6.07, 6.45) is 1.40. The van der Waals surface area contributed by atoms with Crippen molar-refractivity contribution in [2.45, 2.75) is 26.8 Å². The van der Waals surface area contributed by atoms with E-state index in [1.165, 1.54) is 24.4 Å². The molecule has 0 aliphatic carbocycles. The van der Waals surface area contributed by atoms with Crippen LogP contribution in [0.4, 0.5) is 0 Å². The Kier molecular flexibility index (Phi) is 10.8. The van der Waals surface area contributed by atoms with Crippen LogP contribution in [0.25, 0.3) is 0 Å². The Balaban J connectivity index is 2.13. The predicted octanol–water partition coefficient (Wildman–Crippen LogP) is 3.92. The number of amides is 3. The number of nitrogens with two attached hydrogens (primary N) is 1. The van der Waals surface area contributed by atoms with Crippen LogP contribution in [0.5, 0.6) is 11.5 Å². The van der Waals surface area contributed by atoms with Crippen molar-refractivity contribution in [3.63, 3.8) is 0 Å². The average molecular weight is 588 g/mol. The molecule has 35 heavy (non-hydrogen) atoms. The molecule has 188 valence electrons. The van der Waals surface area contributed by atoms with Crippen LogP contribution in [-0.2, 0) is 9.59 Å². The molecule has 2 aromatic rings. The quantitative estimate of drug-likeness (QED) is 0.271. The van der Waals surface area contributed by atoms with Gasteiger partial charge in [-0.05, 0) is 64.7 Å². The third-order valence-corrected chi connectivity index (χ3v) is 5.63. The molecule has 1 atom stereocenters. The molecule has 2 rings (SSSR count). The lowest BCUT2D eigenvalue weighted by molar-refractivity contribution is -0.124. The minimum atomic E-state index is -0.873. The summed E-state index contributed by atoms with van der Waals surface area (Å²) in [6, 6.07) is 6.89. The lowest BCUT2D eigenvalue weighted by Crippen LogP contribution is -2.48. The molecule has 0 spiro atoms. The van der Waals surface area contributed by atoms with Gasteiger partial charge in [-0.3, -0.25) is 14.4 Å². The van der Waals surface area contributed by atoms with Crippen molar-refractivity contribution in [3.8, 4) is 11.5 Å². The monoisotopic (exact) mass is 586 g/mol. The first-order valence-corrected chi connectivity index (χ1v) is 12.0. The second-order valence-electron chi connectivity index (χ2n) is 7.57. The van der Waals surface area contributed by atoms with Gasteiger partial charge in [0.25, 0.3) is 17.7 Å². The number of hydrazone groups is 1. The van der Waals surface area contributed by atoms with Gasteiger partial charge in [-0.2, -0.15) is 5.10 Å². The van der Waals surface area contributed by atoms with Gasteiger partial charge in [0.05, 0.1) is 27.9 Å². The number of nitrogens with zero attached hydrogens (tertiary/aromatic N) is 1. The Morgan fingerprint density at radius 1 is 1.17 bits per heavy atom. The van der Waals surface area contributed by atoms with Crippen LogP contribution >= 0.6 is 39.1 Å². The average Bonchev–Trinajstić information content (AvgIpc) is 2.76. The first-order chi connectivity index (χ1) is 16.5. The van der Waals surface area contributed by atoms with Crippen LogP contribution in [0.3, 0.4) is 0 Å². The zero-order valence-electron chi connectivity index (χ0n) is 19.2. The third-order valence-electron chi connectivity index (χ3n) is 4.49. The summed E-state index contributed by atoms with van der Waals surface area (Å²) in [5, 5.41) is 7.23. The minimum absolute atomic E-state index is 0.176. The van der Waals surface area contributed by atoms with Gasteiger partial charge < -0.3 is 20.5 Å². The van der Waals surface area contributed by atoms with E-state index in [-0.39, 0.29) is 23.1 Å². The van der Waals surface area contributed by atoms with Crippen LogP contribution in [0.2, 0.25) is 10.0 Å². The van der Waals surface area contributed by atoms with Crippen LogP contribution in [0, 0.1) is 5.92 Å². The number of rotatable bonds is 11. The number of hydrogen-bond donors (Lipinski definition) is 3. The molecule has 12 heteroatoms. The number of hydrogen-bond acceptors (Lipinski definition) is 6. The van der Waals surface area contributed by atoms with Crippen molar-refractivity contribution in [2.75, 3.05) is 13.2 Å². The first kappa shape index (κ1) is 28.4. The second kappa shape index (κ2) is 13.3. The van der Waals surface area contributed by atoms with E-state index in [9.17, 15) is 14.4 Å². The highest BCUT2D eigenvalue weighted by Crippen LogP contribution is 2.36. The van der Waals surface area contributed by atoms with E-state index in [2.05, 4.69) is 31.8 Å². The van der Waals surface area contributed by atoms with E-state index in [0.29, 0.717) is 33.2 Å². The van der Waals surface area contributed by atoms with Crippen molar-refractivity contribution in [1.29, 1.82) is 0 Å². The maximum absolute atomic E-state index is 12.7. The zero-order valence-corrected chi connectivity index (χ0v) is 22.3. The van der Waals surface area contributed by atoms with Crippen molar-refractivity contribution in [1.82, 2.24) is 10.7 Å². The lowest BCUT2D eigenvalue weighted by atomic mass is 10.0. The Morgan fingerprint density at radius 2 is 1.89 bits per heavy atom. The zero-order chi connectivity index (χ0) is 26.1. The van der Waals surface area contributed by atoms with Crippen LogP contribution in [-0.4, -0.2) is 43.2 Å². The first-order valence-electron chi connectivity index (χ1n) is 10.5. The van der Waals surface area contributed by atoms with Crippen LogP contribution < -0.4 is 25.9 Å². The fourth-order valence-electron chi connectivity index (χ4n) is 2.88. The molecular weight excluding hydrogens is 563 g/mol. The van der Waals surface area contributed by atoms with Crippen molar-refractivity contribution < 1.29 is 23.9 Å². The summed E-state index contributed by atoms with van der Waals surface area (Å²) >= 11 is 15.3. The molecule has 4 N–H and O–H groups in total. The number of primary amides is 1. The van der Waals surface area contributed by atoms with Crippen molar-refractivity contribution >= 4 is 63.1 Å². The normalized spacial score (nSPS) is 11.9. The predicted molar refractivity (Wildman–Crippen MR) is 138 cm³/mol. The largest absolute Gasteiger partial charge is 0.490 e. The lowest BCUT2D eigenvalue weighted by Gasteiger charge is -2.20. The smallest absolute Gasteiger partial charge is 0.262 e. The number of carbonyl (C=O) groups excluding carboxylic acids is 3.